The number of benzene rings is 1. The van der Waals surface area contributed by atoms with Crippen LogP contribution >= 0.6 is 22.9 Å². The minimum Gasteiger partial charge on any atom is -0.365 e. The van der Waals surface area contributed by atoms with Crippen LogP contribution < -0.4 is 11.1 Å². The van der Waals surface area contributed by atoms with E-state index in [0.29, 0.717) is 21.5 Å². The lowest BCUT2D eigenvalue weighted by Crippen LogP contribution is -2.19. The van der Waals surface area contributed by atoms with Crippen molar-refractivity contribution in [3.8, 4) is 0 Å². The summed E-state index contributed by atoms with van der Waals surface area (Å²) in [6.07, 6.45) is 8.30. The van der Waals surface area contributed by atoms with Gasteiger partial charge >= 0.3 is 0 Å². The fourth-order valence-electron chi connectivity index (χ4n) is 3.59. The second-order valence-corrected chi connectivity index (χ2v) is 8.33. The van der Waals surface area contributed by atoms with E-state index in [9.17, 15) is 9.59 Å². The molecular weight excluding hydrogens is 380 g/mol. The fourth-order valence-corrected chi connectivity index (χ4v) is 5.16. The average Bonchev–Trinajstić information content (AvgIpc) is 2.98. The molecule has 142 valence electrons. The van der Waals surface area contributed by atoms with Gasteiger partial charge in [0.25, 0.3) is 5.91 Å². The number of rotatable bonds is 6. The van der Waals surface area contributed by atoms with E-state index in [1.807, 2.05) is 18.2 Å². The molecule has 6 heteroatoms. The van der Waals surface area contributed by atoms with Gasteiger partial charge in [0, 0.05) is 16.0 Å². The third kappa shape index (κ3) is 4.60. The summed E-state index contributed by atoms with van der Waals surface area (Å²) in [5.41, 5.74) is 7.87. The van der Waals surface area contributed by atoms with E-state index in [-0.39, 0.29) is 5.91 Å². The summed E-state index contributed by atoms with van der Waals surface area (Å²) in [5, 5.41) is 3.97. The molecule has 1 aromatic carbocycles. The molecule has 3 rings (SSSR count). The van der Waals surface area contributed by atoms with Crippen molar-refractivity contribution in [2.45, 2.75) is 39.0 Å². The third-order valence-electron chi connectivity index (χ3n) is 4.87. The number of carbonyl (C=O) groups is 2. The van der Waals surface area contributed by atoms with E-state index >= 15 is 0 Å². The summed E-state index contributed by atoms with van der Waals surface area (Å²) in [4.78, 5) is 25.6. The first-order chi connectivity index (χ1) is 13.0. The normalized spacial score (nSPS) is 16.3. The van der Waals surface area contributed by atoms with Crippen molar-refractivity contribution in [1.82, 2.24) is 0 Å². The van der Waals surface area contributed by atoms with Gasteiger partial charge in [-0.05, 0) is 48.4 Å². The van der Waals surface area contributed by atoms with E-state index in [4.69, 9.17) is 17.3 Å². The Bertz CT molecular complexity index is 888. The summed E-state index contributed by atoms with van der Waals surface area (Å²) in [7, 11) is 0. The molecule has 0 bridgehead atoms. The molecule has 0 radical (unpaired) electrons. The van der Waals surface area contributed by atoms with E-state index in [1.54, 1.807) is 12.1 Å². The van der Waals surface area contributed by atoms with Gasteiger partial charge in [0.15, 0.2) is 0 Å². The number of fused-ring (bicyclic) bond motifs is 1. The molecule has 0 fully saturated rings. The van der Waals surface area contributed by atoms with Gasteiger partial charge in [-0.15, -0.1) is 11.3 Å². The second-order valence-electron chi connectivity index (χ2n) is 6.81. The largest absolute Gasteiger partial charge is 0.365 e. The molecule has 0 saturated heterocycles. The monoisotopic (exact) mass is 402 g/mol. The molecule has 0 spiro atoms. The summed E-state index contributed by atoms with van der Waals surface area (Å²) in [6.45, 7) is 2.19. The van der Waals surface area contributed by atoms with Crippen molar-refractivity contribution < 1.29 is 9.59 Å². The fraction of sp³-hybridized carbons (Fsp3) is 0.333. The van der Waals surface area contributed by atoms with Crippen LogP contribution in [0, 0.1) is 5.92 Å². The Morgan fingerprint density at radius 1 is 1.37 bits per heavy atom. The minimum atomic E-state index is -0.480. The quantitative estimate of drug-likeness (QED) is 0.663. The Labute approximate surface area is 168 Å². The van der Waals surface area contributed by atoms with Gasteiger partial charge in [0.05, 0.1) is 5.56 Å². The van der Waals surface area contributed by atoms with Crippen LogP contribution in [0.15, 0.2) is 30.3 Å². The smallest absolute Gasteiger partial charge is 0.251 e. The van der Waals surface area contributed by atoms with Gasteiger partial charge in [-0.2, -0.15) is 0 Å². The predicted octanol–water partition coefficient (Wildman–Crippen LogP) is 5.06. The molecule has 4 nitrogen and oxygen atoms in total. The van der Waals surface area contributed by atoms with Crippen LogP contribution in [0.5, 0.6) is 0 Å². The van der Waals surface area contributed by atoms with Crippen molar-refractivity contribution in [3.05, 3.63) is 56.9 Å². The summed E-state index contributed by atoms with van der Waals surface area (Å²) < 4.78 is 0. The molecule has 1 unspecified atom stereocenters. The van der Waals surface area contributed by atoms with Gasteiger partial charge in [-0.25, -0.2) is 0 Å². The number of thiophene rings is 1. The average molecular weight is 403 g/mol. The van der Waals surface area contributed by atoms with E-state index in [2.05, 4.69) is 12.2 Å². The maximum Gasteiger partial charge on any atom is 0.251 e. The predicted molar refractivity (Wildman–Crippen MR) is 112 cm³/mol. The Kier molecular flexibility index (Phi) is 6.34. The number of primary amides is 1. The zero-order valence-corrected chi connectivity index (χ0v) is 16.8. The Morgan fingerprint density at radius 3 is 2.85 bits per heavy atom. The number of anilines is 1. The van der Waals surface area contributed by atoms with Crippen molar-refractivity contribution in [2.75, 3.05) is 5.32 Å². The molecule has 2 amide bonds. The molecule has 27 heavy (non-hydrogen) atoms. The maximum atomic E-state index is 12.4. The van der Waals surface area contributed by atoms with Crippen LogP contribution in [0.1, 0.15) is 52.5 Å². The molecule has 0 aliphatic heterocycles. The first-order valence-electron chi connectivity index (χ1n) is 9.17. The lowest BCUT2D eigenvalue weighted by Gasteiger charge is -2.21. The van der Waals surface area contributed by atoms with Gasteiger partial charge in [-0.1, -0.05) is 49.6 Å². The third-order valence-corrected chi connectivity index (χ3v) is 6.38. The molecule has 1 aliphatic rings. The SMILES string of the molecule is CCCC1CCc2c(sc(NC(=O)C=Cc3ccccc3Cl)c2C(N)=O)C1. The van der Waals surface area contributed by atoms with Crippen LogP contribution in [0.3, 0.4) is 0 Å². The van der Waals surface area contributed by atoms with Crippen LogP contribution in [-0.4, -0.2) is 11.8 Å². The molecule has 1 aromatic heterocycles. The molecule has 1 atom stereocenters. The highest BCUT2D eigenvalue weighted by Gasteiger charge is 2.28. The molecule has 3 N–H and O–H groups in total. The van der Waals surface area contributed by atoms with E-state index in [1.165, 1.54) is 28.7 Å². The Balaban J connectivity index is 1.79. The van der Waals surface area contributed by atoms with Crippen LogP contribution in [0.4, 0.5) is 5.00 Å². The summed E-state index contributed by atoms with van der Waals surface area (Å²) >= 11 is 7.58. The van der Waals surface area contributed by atoms with Gasteiger partial charge in [0.2, 0.25) is 5.91 Å². The molecule has 0 saturated carbocycles. The molecular formula is C21H23ClN2O2S. The molecule has 1 heterocycles. The van der Waals surface area contributed by atoms with Crippen molar-refractivity contribution in [3.63, 3.8) is 0 Å². The topological polar surface area (TPSA) is 72.2 Å². The standard InChI is InChI=1S/C21H23ClN2O2S/c1-2-5-13-8-10-15-17(12-13)27-21(19(15)20(23)26)24-18(25)11-9-14-6-3-4-7-16(14)22/h3-4,6-7,9,11,13H,2,5,8,10,12H2,1H3,(H2,23,26)(H,24,25). The van der Waals surface area contributed by atoms with Crippen LogP contribution in [0.2, 0.25) is 5.02 Å². The number of hydrogen-bond donors (Lipinski definition) is 2. The number of nitrogens with one attached hydrogen (secondary N) is 1. The highest BCUT2D eigenvalue weighted by atomic mass is 35.5. The number of nitrogens with two attached hydrogens (primary N) is 1. The van der Waals surface area contributed by atoms with Crippen LogP contribution in [-0.2, 0) is 17.6 Å². The summed E-state index contributed by atoms with van der Waals surface area (Å²) in [5.74, 6) is -0.140. The minimum absolute atomic E-state index is 0.305. The van der Waals surface area contributed by atoms with Gasteiger partial charge < -0.3 is 11.1 Å². The summed E-state index contributed by atoms with van der Waals surface area (Å²) in [6, 6.07) is 7.29. The number of halogens is 1. The highest BCUT2D eigenvalue weighted by Crippen LogP contribution is 2.40. The first-order valence-corrected chi connectivity index (χ1v) is 10.4. The van der Waals surface area contributed by atoms with Crippen molar-refractivity contribution >= 4 is 45.8 Å². The zero-order chi connectivity index (χ0) is 19.4. The highest BCUT2D eigenvalue weighted by molar-refractivity contribution is 7.17. The number of hydrogen-bond acceptors (Lipinski definition) is 3. The first kappa shape index (κ1) is 19.6. The van der Waals surface area contributed by atoms with Crippen LogP contribution in [0.25, 0.3) is 6.08 Å². The zero-order valence-electron chi connectivity index (χ0n) is 15.3. The number of amides is 2. The van der Waals surface area contributed by atoms with E-state index in [0.717, 1.165) is 36.8 Å². The van der Waals surface area contributed by atoms with Gasteiger partial charge in [0.1, 0.15) is 5.00 Å². The lowest BCUT2D eigenvalue weighted by molar-refractivity contribution is -0.111. The number of carbonyl (C=O) groups excluding carboxylic acids is 2. The molecule has 2 aromatic rings. The lowest BCUT2D eigenvalue weighted by atomic mass is 9.84. The van der Waals surface area contributed by atoms with Gasteiger partial charge in [-0.3, -0.25) is 9.59 Å². The Morgan fingerprint density at radius 2 is 2.15 bits per heavy atom. The van der Waals surface area contributed by atoms with Crippen molar-refractivity contribution in [2.24, 2.45) is 11.7 Å². The Hall–Kier alpha value is -2.11. The maximum absolute atomic E-state index is 12.4. The molecule has 1 aliphatic carbocycles. The van der Waals surface area contributed by atoms with Crippen molar-refractivity contribution in [1.29, 1.82) is 0 Å². The second kappa shape index (κ2) is 8.72. The van der Waals surface area contributed by atoms with E-state index < -0.39 is 5.91 Å².